The summed E-state index contributed by atoms with van der Waals surface area (Å²) in [5.41, 5.74) is 0.849. The monoisotopic (exact) mass is 402 g/mol. The average Bonchev–Trinajstić information content (AvgIpc) is 3.05. The molecule has 3 aromatic rings. The van der Waals surface area contributed by atoms with Crippen LogP contribution in [0.2, 0.25) is 0 Å². The van der Waals surface area contributed by atoms with Gasteiger partial charge in [0.1, 0.15) is 11.5 Å². The number of benzene rings is 2. The van der Waals surface area contributed by atoms with Crippen LogP contribution in [0.5, 0.6) is 11.5 Å². The molecule has 0 fully saturated rings. The zero-order valence-corrected chi connectivity index (χ0v) is 15.2. The first-order valence-corrected chi connectivity index (χ1v) is 8.35. The molecule has 0 aliphatic heterocycles. The molecule has 1 aromatic heterocycles. The van der Waals surface area contributed by atoms with E-state index in [1.807, 2.05) is 24.3 Å². The van der Waals surface area contributed by atoms with Crippen LogP contribution in [-0.2, 0) is 4.79 Å². The smallest absolute Gasteiger partial charge is 0.308 e. The van der Waals surface area contributed by atoms with Gasteiger partial charge in [0.05, 0.1) is 0 Å². The van der Waals surface area contributed by atoms with E-state index < -0.39 is 6.10 Å². The summed E-state index contributed by atoms with van der Waals surface area (Å²) < 4.78 is 17.1. The lowest BCUT2D eigenvalue weighted by Crippen LogP contribution is -2.05. The summed E-state index contributed by atoms with van der Waals surface area (Å²) in [5.74, 6) is 1.41. The van der Waals surface area contributed by atoms with Crippen LogP contribution < -0.4 is 9.47 Å². The highest BCUT2D eigenvalue weighted by Crippen LogP contribution is 2.26. The van der Waals surface area contributed by atoms with Crippen molar-refractivity contribution < 1.29 is 18.8 Å². The lowest BCUT2D eigenvalue weighted by atomic mass is 10.2. The maximum Gasteiger partial charge on any atom is 0.308 e. The summed E-state index contributed by atoms with van der Waals surface area (Å²) in [7, 11) is 0. The minimum absolute atomic E-state index is 0.357. The van der Waals surface area contributed by atoms with Crippen molar-refractivity contribution >= 4 is 21.9 Å². The minimum atomic E-state index is -0.454. The van der Waals surface area contributed by atoms with Gasteiger partial charge >= 0.3 is 5.97 Å². The number of ether oxygens (including phenoxy) is 2. The van der Waals surface area contributed by atoms with Crippen LogP contribution in [0.4, 0.5) is 0 Å². The predicted molar refractivity (Wildman–Crippen MR) is 94.2 cm³/mol. The van der Waals surface area contributed by atoms with E-state index in [2.05, 4.69) is 26.1 Å². The van der Waals surface area contributed by atoms with Gasteiger partial charge in [0.15, 0.2) is 6.10 Å². The third-order valence-corrected chi connectivity index (χ3v) is 3.80. The second kappa shape index (κ2) is 7.48. The summed E-state index contributed by atoms with van der Waals surface area (Å²) in [5, 5.41) is 3.98. The summed E-state index contributed by atoms with van der Waals surface area (Å²) in [6.07, 6.45) is -0.454. The molecular weight excluding hydrogens is 388 g/mol. The van der Waals surface area contributed by atoms with Crippen molar-refractivity contribution in [3.8, 4) is 22.9 Å². The number of carbonyl (C=O) groups is 1. The lowest BCUT2D eigenvalue weighted by molar-refractivity contribution is -0.131. The Morgan fingerprint density at radius 2 is 1.88 bits per heavy atom. The molecule has 0 spiro atoms. The molecule has 0 aliphatic rings. The van der Waals surface area contributed by atoms with Crippen LogP contribution in [0, 0.1) is 0 Å². The zero-order valence-electron chi connectivity index (χ0n) is 13.6. The summed E-state index contributed by atoms with van der Waals surface area (Å²) in [6.45, 7) is 3.15. The number of carbonyl (C=O) groups excluding carboxylic acids is 1. The number of halogens is 1. The van der Waals surface area contributed by atoms with Gasteiger partial charge in [0, 0.05) is 23.0 Å². The quantitative estimate of drug-likeness (QED) is 0.459. The fraction of sp³-hybridized carbons (Fsp3) is 0.167. The molecule has 0 saturated heterocycles. The molecule has 1 heterocycles. The molecule has 0 N–H and O–H groups in total. The minimum Gasteiger partial charge on any atom is -0.481 e. The van der Waals surface area contributed by atoms with Crippen molar-refractivity contribution in [3.63, 3.8) is 0 Å². The molecule has 1 atom stereocenters. The number of hydrogen-bond donors (Lipinski definition) is 0. The summed E-state index contributed by atoms with van der Waals surface area (Å²) >= 11 is 3.39. The van der Waals surface area contributed by atoms with Gasteiger partial charge in [-0.3, -0.25) is 4.79 Å². The van der Waals surface area contributed by atoms with E-state index in [9.17, 15) is 4.79 Å². The highest BCUT2D eigenvalue weighted by atomic mass is 79.9. The molecule has 25 heavy (non-hydrogen) atoms. The van der Waals surface area contributed by atoms with Crippen LogP contribution >= 0.6 is 15.9 Å². The van der Waals surface area contributed by atoms with Crippen LogP contribution in [0.3, 0.4) is 0 Å². The lowest BCUT2D eigenvalue weighted by Gasteiger charge is -2.11. The molecule has 0 amide bonds. The Balaban J connectivity index is 1.72. The second-order valence-corrected chi connectivity index (χ2v) is 6.21. The van der Waals surface area contributed by atoms with E-state index in [0.717, 1.165) is 10.0 Å². The maximum absolute atomic E-state index is 11.0. The van der Waals surface area contributed by atoms with Gasteiger partial charge in [-0.15, -0.1) is 0 Å². The summed E-state index contributed by atoms with van der Waals surface area (Å²) in [4.78, 5) is 15.4. The van der Waals surface area contributed by atoms with Crippen LogP contribution in [0.15, 0.2) is 57.5 Å². The van der Waals surface area contributed by atoms with E-state index in [4.69, 9.17) is 14.0 Å². The first-order valence-electron chi connectivity index (χ1n) is 7.56. The van der Waals surface area contributed by atoms with Crippen molar-refractivity contribution in [3.05, 3.63) is 58.9 Å². The molecule has 128 valence electrons. The third kappa shape index (κ3) is 4.45. The van der Waals surface area contributed by atoms with Crippen molar-refractivity contribution in [2.75, 3.05) is 0 Å². The fourth-order valence-corrected chi connectivity index (χ4v) is 2.41. The first-order chi connectivity index (χ1) is 12.0. The zero-order chi connectivity index (χ0) is 17.8. The molecular formula is C18H15BrN2O4. The van der Waals surface area contributed by atoms with Crippen molar-refractivity contribution in [2.45, 2.75) is 20.0 Å². The molecule has 0 unspecified atom stereocenters. The maximum atomic E-state index is 11.0. The Labute approximate surface area is 152 Å². The Hall–Kier alpha value is -2.67. The molecule has 0 aliphatic carbocycles. The molecule has 2 aromatic carbocycles. The van der Waals surface area contributed by atoms with E-state index in [1.165, 1.54) is 6.92 Å². The number of rotatable bonds is 5. The van der Waals surface area contributed by atoms with E-state index >= 15 is 0 Å². The molecule has 0 bridgehead atoms. The fourth-order valence-electron chi connectivity index (χ4n) is 2.15. The van der Waals surface area contributed by atoms with Gasteiger partial charge in [0.2, 0.25) is 5.82 Å². The van der Waals surface area contributed by atoms with Crippen molar-refractivity contribution in [1.29, 1.82) is 0 Å². The van der Waals surface area contributed by atoms with Gasteiger partial charge in [-0.25, -0.2) is 0 Å². The standard InChI is InChI=1S/C18H15BrN2O4/c1-11(23-15-4-3-5-16(10-15)24-12(2)22)18-20-17(21-25-18)13-6-8-14(19)9-7-13/h3-11H,1-2H3/t11-/m0/s1. The van der Waals surface area contributed by atoms with Crippen molar-refractivity contribution in [2.24, 2.45) is 0 Å². The molecule has 6 nitrogen and oxygen atoms in total. The second-order valence-electron chi connectivity index (χ2n) is 5.29. The topological polar surface area (TPSA) is 74.5 Å². The van der Waals surface area contributed by atoms with Crippen molar-refractivity contribution in [1.82, 2.24) is 10.1 Å². The van der Waals surface area contributed by atoms with E-state index in [0.29, 0.717) is 23.2 Å². The van der Waals surface area contributed by atoms with Gasteiger partial charge in [0.25, 0.3) is 5.89 Å². The highest BCUT2D eigenvalue weighted by Gasteiger charge is 2.17. The third-order valence-electron chi connectivity index (χ3n) is 3.27. The van der Waals surface area contributed by atoms with Crippen LogP contribution in [-0.4, -0.2) is 16.1 Å². The summed E-state index contributed by atoms with van der Waals surface area (Å²) in [6, 6.07) is 14.4. The predicted octanol–water partition coefficient (Wildman–Crippen LogP) is 4.56. The Kier molecular flexibility index (Phi) is 5.14. The average molecular weight is 403 g/mol. The highest BCUT2D eigenvalue weighted by molar-refractivity contribution is 9.10. The number of nitrogens with zero attached hydrogens (tertiary/aromatic N) is 2. The van der Waals surface area contributed by atoms with Gasteiger partial charge in [-0.05, 0) is 43.3 Å². The van der Waals surface area contributed by atoms with Gasteiger partial charge < -0.3 is 14.0 Å². The van der Waals surface area contributed by atoms with E-state index in [-0.39, 0.29) is 5.97 Å². The Bertz CT molecular complexity index is 877. The largest absolute Gasteiger partial charge is 0.481 e. The number of esters is 1. The molecule has 7 heteroatoms. The van der Waals surface area contributed by atoms with Crippen LogP contribution in [0.25, 0.3) is 11.4 Å². The Morgan fingerprint density at radius 3 is 2.60 bits per heavy atom. The molecule has 0 radical (unpaired) electrons. The first kappa shape index (κ1) is 17.2. The molecule has 3 rings (SSSR count). The van der Waals surface area contributed by atoms with E-state index in [1.54, 1.807) is 31.2 Å². The number of hydrogen-bond acceptors (Lipinski definition) is 6. The van der Waals surface area contributed by atoms with Gasteiger partial charge in [-0.1, -0.05) is 27.2 Å². The normalized spacial score (nSPS) is 11.8. The van der Waals surface area contributed by atoms with Gasteiger partial charge in [-0.2, -0.15) is 4.98 Å². The Morgan fingerprint density at radius 1 is 1.16 bits per heavy atom. The SMILES string of the molecule is CC(=O)Oc1cccc(O[C@@H](C)c2nc(-c3ccc(Br)cc3)no2)c1. The van der Waals surface area contributed by atoms with Crippen LogP contribution in [0.1, 0.15) is 25.8 Å². The number of aromatic nitrogens is 2. The molecule has 0 saturated carbocycles.